The molecule has 1 saturated heterocycles. The zero-order valence-corrected chi connectivity index (χ0v) is 21.5. The van der Waals surface area contributed by atoms with Crippen molar-refractivity contribution in [2.45, 2.75) is 45.3 Å². The number of unbranched alkanes of at least 4 members (excludes halogenated alkanes) is 2. The fourth-order valence-electron chi connectivity index (χ4n) is 4.44. The average molecular weight is 529 g/mol. The fraction of sp³-hybridized carbons (Fsp3) is 0.355. The average Bonchev–Trinajstić information content (AvgIpc) is 2.94. The Morgan fingerprint density at radius 2 is 1.42 bits per heavy atom. The number of allylic oxidation sites excluding steroid dienone is 1. The first kappa shape index (κ1) is 27.9. The molecule has 0 spiro atoms. The topological polar surface area (TPSA) is 27.7 Å². The summed E-state index contributed by atoms with van der Waals surface area (Å²) in [5, 5.41) is 0. The summed E-state index contributed by atoms with van der Waals surface area (Å²) in [4.78, 5) is 0. The van der Waals surface area contributed by atoms with Crippen molar-refractivity contribution < 1.29 is 31.8 Å². The van der Waals surface area contributed by atoms with Crippen molar-refractivity contribution in [1.82, 2.24) is 0 Å². The fourth-order valence-corrected chi connectivity index (χ4v) is 4.44. The molecular formula is C31H32F4O3. The minimum absolute atomic E-state index is 0.000380. The van der Waals surface area contributed by atoms with Crippen molar-refractivity contribution in [2.75, 3.05) is 19.8 Å². The predicted molar refractivity (Wildman–Crippen MR) is 140 cm³/mol. The Hall–Kier alpha value is -3.16. The van der Waals surface area contributed by atoms with E-state index in [1.54, 1.807) is 0 Å². The highest BCUT2D eigenvalue weighted by Gasteiger charge is 2.28. The standard InChI is InChI=1S/C31H32F4O3/c1-3-5-7-17-36-26-16-15-24(28(33)30(26)35)22-11-9-21(10-12-22)23-13-14-25(29(34)27(23)32)31-37-18-20(19-38-31)8-6-4-2/h4,9-16,20,31H,2-3,5-8,17-19H2,1H3. The maximum atomic E-state index is 15.1. The van der Waals surface area contributed by atoms with E-state index < -0.39 is 29.6 Å². The largest absolute Gasteiger partial charge is 0.490 e. The van der Waals surface area contributed by atoms with Gasteiger partial charge in [0.15, 0.2) is 29.5 Å². The molecule has 4 rings (SSSR count). The Kier molecular flexibility index (Phi) is 9.58. The van der Waals surface area contributed by atoms with Crippen LogP contribution in [0.2, 0.25) is 0 Å². The maximum Gasteiger partial charge on any atom is 0.201 e. The second kappa shape index (κ2) is 13.1. The molecule has 0 radical (unpaired) electrons. The van der Waals surface area contributed by atoms with E-state index in [1.165, 1.54) is 48.5 Å². The van der Waals surface area contributed by atoms with E-state index in [9.17, 15) is 13.2 Å². The van der Waals surface area contributed by atoms with Gasteiger partial charge in [-0.3, -0.25) is 0 Å². The summed E-state index contributed by atoms with van der Waals surface area (Å²) in [7, 11) is 0. The molecule has 0 aromatic heterocycles. The van der Waals surface area contributed by atoms with Crippen LogP contribution in [0.4, 0.5) is 17.6 Å². The smallest absolute Gasteiger partial charge is 0.201 e. The van der Waals surface area contributed by atoms with Crippen LogP contribution in [-0.2, 0) is 9.47 Å². The zero-order valence-electron chi connectivity index (χ0n) is 21.5. The third-order valence-electron chi connectivity index (χ3n) is 6.67. The van der Waals surface area contributed by atoms with Gasteiger partial charge in [0.25, 0.3) is 0 Å². The molecule has 3 aromatic carbocycles. The molecule has 0 unspecified atom stereocenters. The normalized spacial score (nSPS) is 17.4. The van der Waals surface area contributed by atoms with Crippen LogP contribution in [0.1, 0.15) is 50.9 Å². The van der Waals surface area contributed by atoms with Gasteiger partial charge in [-0.15, -0.1) is 6.58 Å². The number of ether oxygens (including phenoxy) is 3. The van der Waals surface area contributed by atoms with Crippen molar-refractivity contribution in [1.29, 1.82) is 0 Å². The van der Waals surface area contributed by atoms with Gasteiger partial charge in [-0.25, -0.2) is 13.2 Å². The molecule has 38 heavy (non-hydrogen) atoms. The molecule has 3 aromatic rings. The summed E-state index contributed by atoms with van der Waals surface area (Å²) in [6.07, 6.45) is 5.24. The van der Waals surface area contributed by atoms with Crippen molar-refractivity contribution in [3.63, 3.8) is 0 Å². The molecule has 1 heterocycles. The molecule has 1 aliphatic rings. The van der Waals surface area contributed by atoms with Crippen LogP contribution >= 0.6 is 0 Å². The molecule has 0 atom stereocenters. The number of benzene rings is 3. The Balaban J connectivity index is 1.48. The molecule has 1 fully saturated rings. The van der Waals surface area contributed by atoms with Crippen molar-refractivity contribution in [3.05, 3.63) is 90.0 Å². The van der Waals surface area contributed by atoms with E-state index in [0.29, 0.717) is 30.9 Å². The zero-order chi connectivity index (χ0) is 27.1. The minimum Gasteiger partial charge on any atom is -0.490 e. The van der Waals surface area contributed by atoms with E-state index >= 15 is 4.39 Å². The first-order chi connectivity index (χ1) is 18.4. The molecular weight excluding hydrogens is 496 g/mol. The van der Waals surface area contributed by atoms with Gasteiger partial charge in [-0.05, 0) is 42.5 Å². The minimum atomic E-state index is -1.05. The molecule has 0 bridgehead atoms. The van der Waals surface area contributed by atoms with Gasteiger partial charge in [0.1, 0.15) is 0 Å². The number of halogens is 4. The Morgan fingerprint density at radius 3 is 2.03 bits per heavy atom. The highest BCUT2D eigenvalue weighted by Crippen LogP contribution is 2.35. The van der Waals surface area contributed by atoms with Gasteiger partial charge in [0, 0.05) is 22.6 Å². The van der Waals surface area contributed by atoms with Gasteiger partial charge in [0.05, 0.1) is 19.8 Å². The second-order valence-corrected chi connectivity index (χ2v) is 9.43. The van der Waals surface area contributed by atoms with Gasteiger partial charge in [-0.1, -0.05) is 62.2 Å². The van der Waals surface area contributed by atoms with Crippen molar-refractivity contribution in [3.8, 4) is 28.0 Å². The van der Waals surface area contributed by atoms with Crippen molar-refractivity contribution in [2.24, 2.45) is 5.92 Å². The molecule has 0 N–H and O–H groups in total. The third kappa shape index (κ3) is 6.27. The number of hydrogen-bond acceptors (Lipinski definition) is 3. The maximum absolute atomic E-state index is 15.1. The summed E-state index contributed by atoms with van der Waals surface area (Å²) in [6.45, 7) is 6.84. The van der Waals surface area contributed by atoms with Crippen LogP contribution in [0.15, 0.2) is 61.2 Å². The Bertz CT molecular complexity index is 1230. The van der Waals surface area contributed by atoms with Crippen LogP contribution in [0, 0.1) is 29.2 Å². The predicted octanol–water partition coefficient (Wildman–Crippen LogP) is 8.77. The lowest BCUT2D eigenvalue weighted by Crippen LogP contribution is -2.27. The quantitative estimate of drug-likeness (QED) is 0.141. The molecule has 3 nitrogen and oxygen atoms in total. The second-order valence-electron chi connectivity index (χ2n) is 9.43. The molecule has 0 aliphatic carbocycles. The molecule has 0 saturated carbocycles. The van der Waals surface area contributed by atoms with Gasteiger partial charge in [-0.2, -0.15) is 4.39 Å². The molecule has 0 amide bonds. The van der Waals surface area contributed by atoms with E-state index in [4.69, 9.17) is 14.2 Å². The van der Waals surface area contributed by atoms with Crippen LogP contribution in [-0.4, -0.2) is 19.8 Å². The Morgan fingerprint density at radius 1 is 0.816 bits per heavy atom. The summed E-state index contributed by atoms with van der Waals surface area (Å²) in [5.74, 6) is -4.09. The highest BCUT2D eigenvalue weighted by molar-refractivity contribution is 5.71. The van der Waals surface area contributed by atoms with Crippen molar-refractivity contribution >= 4 is 0 Å². The monoisotopic (exact) mass is 528 g/mol. The first-order valence-electron chi connectivity index (χ1n) is 13.0. The third-order valence-corrected chi connectivity index (χ3v) is 6.67. The number of rotatable bonds is 11. The van der Waals surface area contributed by atoms with E-state index in [2.05, 4.69) is 6.58 Å². The first-order valence-corrected chi connectivity index (χ1v) is 13.0. The summed E-state index contributed by atoms with van der Waals surface area (Å²) >= 11 is 0. The lowest BCUT2D eigenvalue weighted by Gasteiger charge is -2.29. The summed E-state index contributed by atoms with van der Waals surface area (Å²) in [5.41, 5.74) is 0.883. The van der Waals surface area contributed by atoms with Crippen LogP contribution < -0.4 is 4.74 Å². The SMILES string of the molecule is C=CCCC1COC(c2ccc(-c3ccc(-c4ccc(OCCCCC)c(F)c4F)cc3)c(F)c2F)OC1. The molecule has 202 valence electrons. The lowest BCUT2D eigenvalue weighted by molar-refractivity contribution is -0.207. The molecule has 7 heteroatoms. The van der Waals surface area contributed by atoms with Crippen LogP contribution in [0.5, 0.6) is 5.75 Å². The van der Waals surface area contributed by atoms with E-state index in [1.807, 2.05) is 13.0 Å². The van der Waals surface area contributed by atoms with Crippen LogP contribution in [0.25, 0.3) is 22.3 Å². The van der Waals surface area contributed by atoms with Gasteiger partial charge >= 0.3 is 0 Å². The molecule has 1 aliphatic heterocycles. The lowest BCUT2D eigenvalue weighted by atomic mass is 9.98. The highest BCUT2D eigenvalue weighted by atomic mass is 19.2. The van der Waals surface area contributed by atoms with E-state index in [0.717, 1.165) is 32.1 Å². The van der Waals surface area contributed by atoms with Gasteiger partial charge < -0.3 is 14.2 Å². The van der Waals surface area contributed by atoms with Crippen LogP contribution in [0.3, 0.4) is 0 Å². The summed E-state index contributed by atoms with van der Waals surface area (Å²) in [6, 6.07) is 11.9. The number of hydrogen-bond donors (Lipinski definition) is 0. The van der Waals surface area contributed by atoms with Gasteiger partial charge in [0.2, 0.25) is 5.82 Å². The Labute approximate surface area is 221 Å². The summed E-state index contributed by atoms with van der Waals surface area (Å²) < 4.78 is 76.0. The van der Waals surface area contributed by atoms with E-state index in [-0.39, 0.29) is 28.4 Å².